The second kappa shape index (κ2) is 7.63. The molecule has 118 valence electrons. The van der Waals surface area contributed by atoms with Gasteiger partial charge in [-0.2, -0.15) is 0 Å². The lowest BCUT2D eigenvalue weighted by Gasteiger charge is -2.02. The highest BCUT2D eigenvalue weighted by atomic mass is 35.5. The number of thioether (sulfide) groups is 1. The van der Waals surface area contributed by atoms with Crippen molar-refractivity contribution in [3.05, 3.63) is 57.6 Å². The number of hydrogen-bond acceptors (Lipinski definition) is 7. The molecule has 0 aliphatic heterocycles. The van der Waals surface area contributed by atoms with Gasteiger partial charge in [-0.25, -0.2) is 0 Å². The van der Waals surface area contributed by atoms with E-state index >= 15 is 0 Å². The van der Waals surface area contributed by atoms with Crippen molar-refractivity contribution in [3.63, 3.8) is 0 Å². The first-order chi connectivity index (χ1) is 11.2. The molecule has 3 rings (SSSR count). The van der Waals surface area contributed by atoms with Gasteiger partial charge < -0.3 is 9.73 Å². The quantitative estimate of drug-likeness (QED) is 0.495. The summed E-state index contributed by atoms with van der Waals surface area (Å²) in [7, 11) is 0. The molecule has 1 N–H and O–H groups in total. The predicted molar refractivity (Wildman–Crippen MR) is 92.5 cm³/mol. The number of carbonyl (C=O) groups is 1. The highest BCUT2D eigenvalue weighted by Crippen LogP contribution is 2.20. The second-order valence-electron chi connectivity index (χ2n) is 4.51. The molecule has 5 nitrogen and oxygen atoms in total. The molecule has 0 radical (unpaired) electrons. The Morgan fingerprint density at radius 3 is 2.83 bits per heavy atom. The van der Waals surface area contributed by atoms with E-state index in [1.807, 2.05) is 29.6 Å². The Kier molecular flexibility index (Phi) is 5.32. The van der Waals surface area contributed by atoms with Crippen LogP contribution in [0.1, 0.15) is 15.6 Å². The number of hydrogen-bond donors (Lipinski definition) is 1. The number of anilines is 1. The minimum atomic E-state index is 0.0593. The molecule has 0 bridgehead atoms. The van der Waals surface area contributed by atoms with Crippen LogP contribution in [0.2, 0.25) is 5.02 Å². The Balaban J connectivity index is 1.50. The van der Waals surface area contributed by atoms with Gasteiger partial charge in [0.25, 0.3) is 5.22 Å². The fraction of sp³-hybridized carbons (Fsp3) is 0.133. The molecule has 0 aliphatic carbocycles. The Morgan fingerprint density at radius 1 is 1.26 bits per heavy atom. The first-order valence-electron chi connectivity index (χ1n) is 6.72. The van der Waals surface area contributed by atoms with Gasteiger partial charge in [-0.1, -0.05) is 29.4 Å². The van der Waals surface area contributed by atoms with Crippen LogP contribution in [0.3, 0.4) is 0 Å². The van der Waals surface area contributed by atoms with Crippen LogP contribution in [-0.2, 0) is 6.54 Å². The van der Waals surface area contributed by atoms with Crippen LogP contribution in [0.5, 0.6) is 0 Å². The third kappa shape index (κ3) is 4.57. The lowest BCUT2D eigenvalue weighted by molar-refractivity contribution is 0.102. The van der Waals surface area contributed by atoms with E-state index < -0.39 is 0 Å². The molecule has 3 aromatic rings. The highest BCUT2D eigenvalue weighted by Gasteiger charge is 2.11. The number of thiophene rings is 1. The van der Waals surface area contributed by atoms with E-state index in [0.717, 1.165) is 10.6 Å². The van der Waals surface area contributed by atoms with Crippen molar-refractivity contribution in [2.75, 3.05) is 11.1 Å². The van der Waals surface area contributed by atoms with Crippen molar-refractivity contribution in [1.82, 2.24) is 10.2 Å². The Labute approximate surface area is 146 Å². The summed E-state index contributed by atoms with van der Waals surface area (Å²) >= 11 is 8.50. The van der Waals surface area contributed by atoms with Crippen LogP contribution in [-0.4, -0.2) is 21.7 Å². The second-order valence-corrected chi connectivity index (χ2v) is 6.82. The molecule has 0 unspecified atom stereocenters. The zero-order valence-electron chi connectivity index (χ0n) is 11.9. The summed E-state index contributed by atoms with van der Waals surface area (Å²) in [5.41, 5.74) is 0.912. The number of Topliss-reactive ketones (excluding diaryl/α,β-unsaturated/α-hetero) is 1. The minimum Gasteiger partial charge on any atom is -0.414 e. The van der Waals surface area contributed by atoms with Crippen molar-refractivity contribution >= 4 is 46.2 Å². The lowest BCUT2D eigenvalue weighted by atomic mass is 10.3. The number of halogens is 1. The molecular formula is C15H12ClN3O2S2. The Bertz CT molecular complexity index is 772. The fourth-order valence-corrected chi connectivity index (χ4v) is 3.29. The molecule has 2 aromatic heterocycles. The monoisotopic (exact) mass is 365 g/mol. The topological polar surface area (TPSA) is 68.0 Å². The lowest BCUT2D eigenvalue weighted by Crippen LogP contribution is -1.99. The number of carbonyl (C=O) groups excluding carboxylic acids is 1. The van der Waals surface area contributed by atoms with E-state index in [4.69, 9.17) is 16.0 Å². The molecule has 0 saturated heterocycles. The van der Waals surface area contributed by atoms with Crippen LogP contribution in [0.15, 0.2) is 51.4 Å². The third-order valence-corrected chi connectivity index (χ3v) is 4.84. The summed E-state index contributed by atoms with van der Waals surface area (Å²) in [5.74, 6) is 0.808. The van der Waals surface area contributed by atoms with Gasteiger partial charge in [-0.3, -0.25) is 4.79 Å². The maximum atomic E-state index is 11.9. The van der Waals surface area contributed by atoms with E-state index in [9.17, 15) is 4.79 Å². The molecule has 1 aromatic carbocycles. The number of ketones is 1. The normalized spacial score (nSPS) is 10.7. The highest BCUT2D eigenvalue weighted by molar-refractivity contribution is 7.99. The summed E-state index contributed by atoms with van der Waals surface area (Å²) in [4.78, 5) is 12.6. The van der Waals surface area contributed by atoms with E-state index in [1.165, 1.54) is 23.1 Å². The number of nitrogens with zero attached hydrogens (tertiary/aromatic N) is 2. The van der Waals surface area contributed by atoms with Crippen LogP contribution >= 0.6 is 34.7 Å². The summed E-state index contributed by atoms with van der Waals surface area (Å²) in [6.07, 6.45) is 0. The van der Waals surface area contributed by atoms with Gasteiger partial charge in [0.15, 0.2) is 5.78 Å². The molecule has 0 amide bonds. The number of benzene rings is 1. The molecule has 0 fully saturated rings. The van der Waals surface area contributed by atoms with Gasteiger partial charge in [0.1, 0.15) is 0 Å². The van der Waals surface area contributed by atoms with Gasteiger partial charge in [0.2, 0.25) is 5.89 Å². The number of aromatic nitrogens is 2. The predicted octanol–water partition coefficient (Wildman–Crippen LogP) is 4.37. The van der Waals surface area contributed by atoms with Crippen molar-refractivity contribution in [1.29, 1.82) is 0 Å². The molecule has 23 heavy (non-hydrogen) atoms. The zero-order valence-corrected chi connectivity index (χ0v) is 14.2. The molecule has 8 heteroatoms. The van der Waals surface area contributed by atoms with Gasteiger partial charge in [-0.05, 0) is 35.7 Å². The van der Waals surface area contributed by atoms with Crippen molar-refractivity contribution in [3.8, 4) is 0 Å². The van der Waals surface area contributed by atoms with Gasteiger partial charge in [0.05, 0.1) is 17.2 Å². The van der Waals surface area contributed by atoms with Gasteiger partial charge in [0, 0.05) is 10.7 Å². The van der Waals surface area contributed by atoms with Gasteiger partial charge in [-0.15, -0.1) is 21.5 Å². The van der Waals surface area contributed by atoms with Crippen LogP contribution < -0.4 is 5.32 Å². The molecule has 0 atom stereocenters. The maximum absolute atomic E-state index is 11.9. The van der Waals surface area contributed by atoms with Crippen LogP contribution in [0, 0.1) is 0 Å². The van der Waals surface area contributed by atoms with E-state index in [2.05, 4.69) is 15.5 Å². The van der Waals surface area contributed by atoms with Crippen molar-refractivity contribution in [2.24, 2.45) is 0 Å². The Morgan fingerprint density at radius 2 is 2.09 bits per heavy atom. The Hall–Kier alpha value is -1.83. The zero-order chi connectivity index (χ0) is 16.1. The van der Waals surface area contributed by atoms with E-state index in [0.29, 0.717) is 22.7 Å². The SMILES string of the molecule is O=C(CSc1nnc(CNc2ccc(Cl)cc2)o1)c1cccs1. The average molecular weight is 366 g/mol. The van der Waals surface area contributed by atoms with Gasteiger partial charge >= 0.3 is 0 Å². The largest absolute Gasteiger partial charge is 0.414 e. The van der Waals surface area contributed by atoms with E-state index in [1.54, 1.807) is 12.1 Å². The molecule has 0 aliphatic rings. The minimum absolute atomic E-state index is 0.0593. The van der Waals surface area contributed by atoms with Crippen molar-refractivity contribution in [2.45, 2.75) is 11.8 Å². The maximum Gasteiger partial charge on any atom is 0.277 e. The summed E-state index contributed by atoms with van der Waals surface area (Å²) in [6.45, 7) is 0.411. The van der Waals surface area contributed by atoms with Crippen LogP contribution in [0.4, 0.5) is 5.69 Å². The smallest absolute Gasteiger partial charge is 0.277 e. The summed E-state index contributed by atoms with van der Waals surface area (Å²) in [6, 6.07) is 11.0. The molecular weight excluding hydrogens is 354 g/mol. The third-order valence-electron chi connectivity index (χ3n) is 2.86. The number of rotatable bonds is 7. The molecule has 0 saturated carbocycles. The van der Waals surface area contributed by atoms with E-state index in [-0.39, 0.29) is 11.5 Å². The van der Waals surface area contributed by atoms with Crippen molar-refractivity contribution < 1.29 is 9.21 Å². The summed E-state index contributed by atoms with van der Waals surface area (Å²) < 4.78 is 5.50. The molecule has 2 heterocycles. The molecule has 0 spiro atoms. The fourth-order valence-electron chi connectivity index (χ4n) is 1.75. The average Bonchev–Trinajstić information content (AvgIpc) is 3.24. The summed E-state index contributed by atoms with van der Waals surface area (Å²) in [5, 5.41) is 14.0. The standard InChI is InChI=1S/C15H12ClN3O2S2/c16-10-3-5-11(6-4-10)17-8-14-18-19-15(21-14)23-9-12(20)13-2-1-7-22-13/h1-7,17H,8-9H2. The number of nitrogens with one attached hydrogen (secondary N) is 1. The van der Waals surface area contributed by atoms with Crippen LogP contribution in [0.25, 0.3) is 0 Å². The first-order valence-corrected chi connectivity index (χ1v) is 8.96. The first kappa shape index (κ1) is 16.0.